The summed E-state index contributed by atoms with van der Waals surface area (Å²) >= 11 is 1.57. The molecule has 0 N–H and O–H groups in total. The number of hydrogen-bond donors (Lipinski definition) is 0. The van der Waals surface area contributed by atoms with E-state index >= 15 is 0 Å². The highest BCUT2D eigenvalue weighted by atomic mass is 32.2. The van der Waals surface area contributed by atoms with Crippen molar-refractivity contribution >= 4 is 11.8 Å². The summed E-state index contributed by atoms with van der Waals surface area (Å²) in [7, 11) is 1.65. The topological polar surface area (TPSA) is 63.7 Å². The van der Waals surface area contributed by atoms with Crippen LogP contribution in [0.1, 0.15) is 26.3 Å². The van der Waals surface area contributed by atoms with Crippen molar-refractivity contribution in [2.75, 3.05) is 12.9 Å². The monoisotopic (exact) mass is 302 g/mol. The Balaban J connectivity index is 2.32. The molecule has 0 unspecified atom stereocenters. The Morgan fingerprint density at radius 3 is 2.57 bits per heavy atom. The minimum absolute atomic E-state index is 0.252. The Hall–Kier alpha value is -2.00. The summed E-state index contributed by atoms with van der Waals surface area (Å²) in [5, 5.41) is 18.1. The normalized spacial score (nSPS) is 10.6. The molecule has 0 aliphatic rings. The van der Waals surface area contributed by atoms with Crippen LogP contribution in [0.25, 0.3) is 11.4 Å². The van der Waals surface area contributed by atoms with Crippen LogP contribution in [0.3, 0.4) is 0 Å². The SMILES string of the molecule is COc1ccc(-c2nnc(SCCC#N)n2C(C)C)cc1. The molecule has 2 aromatic rings. The predicted octanol–water partition coefficient (Wildman–Crippen LogP) is 3.54. The van der Waals surface area contributed by atoms with Gasteiger partial charge in [0.2, 0.25) is 0 Å². The highest BCUT2D eigenvalue weighted by Crippen LogP contribution is 2.28. The number of ether oxygens (including phenoxy) is 1. The van der Waals surface area contributed by atoms with Gasteiger partial charge in [-0.05, 0) is 38.1 Å². The van der Waals surface area contributed by atoms with Crippen LogP contribution in [0.4, 0.5) is 0 Å². The molecule has 1 heterocycles. The molecule has 0 radical (unpaired) electrons. The van der Waals surface area contributed by atoms with Gasteiger partial charge in [-0.15, -0.1) is 10.2 Å². The number of methoxy groups -OCH3 is 1. The van der Waals surface area contributed by atoms with E-state index < -0.39 is 0 Å². The largest absolute Gasteiger partial charge is 0.497 e. The zero-order valence-electron chi connectivity index (χ0n) is 12.4. The van der Waals surface area contributed by atoms with Crippen molar-refractivity contribution in [2.24, 2.45) is 0 Å². The van der Waals surface area contributed by atoms with Gasteiger partial charge in [-0.25, -0.2) is 0 Å². The molecule has 0 spiro atoms. The fourth-order valence-electron chi connectivity index (χ4n) is 1.97. The first-order chi connectivity index (χ1) is 10.2. The number of thioether (sulfide) groups is 1. The molecule has 21 heavy (non-hydrogen) atoms. The molecule has 0 saturated carbocycles. The summed E-state index contributed by atoms with van der Waals surface area (Å²) in [6.45, 7) is 4.20. The van der Waals surface area contributed by atoms with Crippen LogP contribution in [0.2, 0.25) is 0 Å². The minimum Gasteiger partial charge on any atom is -0.497 e. The molecule has 2 rings (SSSR count). The van der Waals surface area contributed by atoms with Gasteiger partial charge in [0.05, 0.1) is 13.2 Å². The highest BCUT2D eigenvalue weighted by Gasteiger charge is 2.16. The zero-order valence-corrected chi connectivity index (χ0v) is 13.2. The van der Waals surface area contributed by atoms with Gasteiger partial charge in [-0.1, -0.05) is 11.8 Å². The van der Waals surface area contributed by atoms with E-state index in [0.717, 1.165) is 28.0 Å². The van der Waals surface area contributed by atoms with E-state index in [0.29, 0.717) is 6.42 Å². The van der Waals surface area contributed by atoms with Gasteiger partial charge in [0.15, 0.2) is 11.0 Å². The summed E-state index contributed by atoms with van der Waals surface area (Å²) < 4.78 is 7.28. The van der Waals surface area contributed by atoms with Crippen LogP contribution in [0.15, 0.2) is 29.4 Å². The molecule has 0 aliphatic heterocycles. The van der Waals surface area contributed by atoms with Gasteiger partial charge in [0.1, 0.15) is 5.75 Å². The van der Waals surface area contributed by atoms with Gasteiger partial charge in [-0.2, -0.15) is 5.26 Å². The highest BCUT2D eigenvalue weighted by molar-refractivity contribution is 7.99. The van der Waals surface area contributed by atoms with Crippen LogP contribution < -0.4 is 4.74 Å². The van der Waals surface area contributed by atoms with E-state index in [-0.39, 0.29) is 6.04 Å². The second-order valence-electron chi connectivity index (χ2n) is 4.76. The third-order valence-electron chi connectivity index (χ3n) is 2.97. The maximum Gasteiger partial charge on any atom is 0.191 e. The van der Waals surface area contributed by atoms with Crippen molar-refractivity contribution in [3.8, 4) is 23.2 Å². The Morgan fingerprint density at radius 1 is 1.29 bits per heavy atom. The third kappa shape index (κ3) is 3.56. The van der Waals surface area contributed by atoms with Crippen LogP contribution in [0, 0.1) is 11.3 Å². The first-order valence-corrected chi connectivity index (χ1v) is 7.75. The van der Waals surface area contributed by atoms with Crippen LogP contribution in [-0.2, 0) is 0 Å². The second kappa shape index (κ2) is 7.14. The van der Waals surface area contributed by atoms with E-state index in [1.807, 2.05) is 24.3 Å². The number of rotatable bonds is 6. The molecule has 110 valence electrons. The first-order valence-electron chi connectivity index (χ1n) is 6.76. The van der Waals surface area contributed by atoms with Gasteiger partial charge in [0.25, 0.3) is 0 Å². The fourth-order valence-corrected chi connectivity index (χ4v) is 2.88. The van der Waals surface area contributed by atoms with E-state index in [4.69, 9.17) is 10.00 Å². The molecule has 1 aromatic carbocycles. The molecule has 0 bridgehead atoms. The van der Waals surface area contributed by atoms with E-state index in [1.165, 1.54) is 0 Å². The number of nitrogens with zero attached hydrogens (tertiary/aromatic N) is 4. The maximum absolute atomic E-state index is 8.64. The maximum atomic E-state index is 8.64. The van der Waals surface area contributed by atoms with Crippen LogP contribution in [-0.4, -0.2) is 27.6 Å². The molecular formula is C15H18N4OS. The molecule has 6 heteroatoms. The lowest BCUT2D eigenvalue weighted by Gasteiger charge is -2.13. The van der Waals surface area contributed by atoms with Crippen molar-refractivity contribution < 1.29 is 4.74 Å². The lowest BCUT2D eigenvalue weighted by Crippen LogP contribution is -2.05. The van der Waals surface area contributed by atoms with Crippen molar-refractivity contribution in [3.05, 3.63) is 24.3 Å². The van der Waals surface area contributed by atoms with Crippen LogP contribution in [0.5, 0.6) is 5.75 Å². The summed E-state index contributed by atoms with van der Waals surface area (Å²) in [5.74, 6) is 2.38. The molecule has 0 atom stereocenters. The number of hydrogen-bond acceptors (Lipinski definition) is 5. The Labute approximate surface area is 128 Å². The summed E-state index contributed by atoms with van der Waals surface area (Å²) in [4.78, 5) is 0. The van der Waals surface area contributed by atoms with Crippen molar-refractivity contribution in [3.63, 3.8) is 0 Å². The molecule has 5 nitrogen and oxygen atoms in total. The molecule has 0 aliphatic carbocycles. The number of nitriles is 1. The van der Waals surface area contributed by atoms with Gasteiger partial charge >= 0.3 is 0 Å². The van der Waals surface area contributed by atoms with Gasteiger partial charge in [-0.3, -0.25) is 4.57 Å². The van der Waals surface area contributed by atoms with Crippen molar-refractivity contribution in [1.29, 1.82) is 5.26 Å². The average molecular weight is 302 g/mol. The van der Waals surface area contributed by atoms with Gasteiger partial charge < -0.3 is 4.74 Å². The molecule has 0 fully saturated rings. The third-order valence-corrected chi connectivity index (χ3v) is 3.92. The fraction of sp³-hybridized carbons (Fsp3) is 0.400. The number of aromatic nitrogens is 3. The molecule has 0 saturated heterocycles. The number of benzene rings is 1. The van der Waals surface area contributed by atoms with E-state index in [9.17, 15) is 0 Å². The second-order valence-corrected chi connectivity index (χ2v) is 5.82. The molecule has 1 aromatic heterocycles. The van der Waals surface area contributed by atoms with Crippen molar-refractivity contribution in [2.45, 2.75) is 31.5 Å². The molecule has 0 amide bonds. The van der Waals surface area contributed by atoms with E-state index in [2.05, 4.69) is 34.7 Å². The zero-order chi connectivity index (χ0) is 15.2. The Morgan fingerprint density at radius 2 is 2.00 bits per heavy atom. The standard InChI is InChI=1S/C15H18N4OS/c1-11(2)19-14(12-5-7-13(20-3)8-6-12)17-18-15(19)21-10-4-9-16/h5-8,11H,4,10H2,1-3H3. The first kappa shape index (κ1) is 15.4. The summed E-state index contributed by atoms with van der Waals surface area (Å²) in [5.41, 5.74) is 1.00. The smallest absolute Gasteiger partial charge is 0.191 e. The summed E-state index contributed by atoms with van der Waals surface area (Å²) in [6.07, 6.45) is 0.507. The Bertz CT molecular complexity index is 628. The van der Waals surface area contributed by atoms with Gasteiger partial charge in [0, 0.05) is 23.8 Å². The Kier molecular flexibility index (Phi) is 5.23. The summed E-state index contributed by atoms with van der Waals surface area (Å²) in [6, 6.07) is 10.2. The lowest BCUT2D eigenvalue weighted by molar-refractivity contribution is 0.415. The van der Waals surface area contributed by atoms with E-state index in [1.54, 1.807) is 18.9 Å². The minimum atomic E-state index is 0.252. The van der Waals surface area contributed by atoms with Crippen LogP contribution >= 0.6 is 11.8 Å². The quantitative estimate of drug-likeness (QED) is 0.603. The average Bonchev–Trinajstić information content (AvgIpc) is 2.92. The predicted molar refractivity (Wildman–Crippen MR) is 83.3 cm³/mol. The lowest BCUT2D eigenvalue weighted by atomic mass is 10.2. The van der Waals surface area contributed by atoms with Crippen molar-refractivity contribution in [1.82, 2.24) is 14.8 Å². The molecular weight excluding hydrogens is 284 g/mol.